The molecule has 13 heteroatoms. The highest BCUT2D eigenvalue weighted by Crippen LogP contribution is 2.41. The number of aromatic amines is 1. The Bertz CT molecular complexity index is 1730. The molecule has 2 N–H and O–H groups in total. The fourth-order valence-corrected chi connectivity index (χ4v) is 6.32. The molecule has 0 amide bonds. The topological polar surface area (TPSA) is 143 Å². The van der Waals surface area contributed by atoms with Gasteiger partial charge in [0.15, 0.2) is 0 Å². The summed E-state index contributed by atoms with van der Waals surface area (Å²) in [7, 11) is 0. The van der Waals surface area contributed by atoms with Gasteiger partial charge in [-0.3, -0.25) is 19.5 Å². The molecule has 4 aromatic rings. The van der Waals surface area contributed by atoms with Crippen molar-refractivity contribution in [2.75, 3.05) is 18.0 Å². The van der Waals surface area contributed by atoms with Crippen LogP contribution in [0.2, 0.25) is 5.02 Å². The number of benzene rings is 2. The normalized spacial score (nSPS) is 15.8. The molecule has 6 rings (SSSR count). The zero-order valence-corrected chi connectivity index (χ0v) is 20.1. The summed E-state index contributed by atoms with van der Waals surface area (Å²) in [6, 6.07) is 7.94. The molecule has 0 atom stereocenters. The summed E-state index contributed by atoms with van der Waals surface area (Å²) in [5, 5.41) is 22.4. The number of carboxylic acids is 1. The van der Waals surface area contributed by atoms with E-state index in [9.17, 15) is 29.6 Å². The second-order valence-corrected chi connectivity index (χ2v) is 10.2. The number of pyridine rings is 1. The van der Waals surface area contributed by atoms with Crippen LogP contribution in [0.1, 0.15) is 29.2 Å². The van der Waals surface area contributed by atoms with Gasteiger partial charge in [-0.15, -0.1) is 0 Å². The Kier molecular flexibility index (Phi) is 5.12. The average molecular weight is 528 g/mol. The van der Waals surface area contributed by atoms with E-state index in [2.05, 4.69) is 4.98 Å². The van der Waals surface area contributed by atoms with Crippen LogP contribution in [0.4, 0.5) is 11.4 Å². The van der Waals surface area contributed by atoms with Crippen molar-refractivity contribution in [2.45, 2.75) is 29.8 Å². The highest BCUT2D eigenvalue weighted by molar-refractivity contribution is 7.99. The van der Waals surface area contributed by atoms with E-state index in [1.807, 2.05) is 4.90 Å². The maximum Gasteiger partial charge on any atom is 0.342 e. The Hall–Kier alpha value is -3.77. The minimum Gasteiger partial charge on any atom is -0.477 e. The fourth-order valence-electron chi connectivity index (χ4n) is 5.20. The van der Waals surface area contributed by atoms with Crippen LogP contribution in [-0.2, 0) is 5.88 Å². The molecule has 0 unspecified atom stereocenters. The summed E-state index contributed by atoms with van der Waals surface area (Å²) < 4.78 is 3.42. The fraction of sp³-hybridized carbons (Fsp3) is 0.261. The van der Waals surface area contributed by atoms with Gasteiger partial charge in [0.25, 0.3) is 5.69 Å². The Morgan fingerprint density at radius 3 is 2.56 bits per heavy atom. The number of H-pyrrole nitrogens is 1. The molecule has 2 aromatic carbocycles. The first-order chi connectivity index (χ1) is 17.2. The van der Waals surface area contributed by atoms with Crippen LogP contribution in [0.3, 0.4) is 0 Å². The third-order valence-electron chi connectivity index (χ3n) is 6.90. The molecule has 184 valence electrons. The number of thioether (sulfide) groups is 1. The number of imidazole rings is 1. The summed E-state index contributed by atoms with van der Waals surface area (Å²) in [6.45, 7) is 0.922. The van der Waals surface area contributed by atoms with E-state index in [0.717, 1.165) is 5.52 Å². The zero-order valence-electron chi connectivity index (χ0n) is 18.6. The molecule has 2 aromatic heterocycles. The molecule has 0 saturated carbocycles. The van der Waals surface area contributed by atoms with Crippen LogP contribution in [0.25, 0.3) is 21.9 Å². The molecule has 0 aliphatic carbocycles. The number of rotatable bonds is 4. The van der Waals surface area contributed by atoms with Crippen molar-refractivity contribution >= 4 is 62.6 Å². The number of nitrogens with one attached hydrogen (secondary N) is 1. The van der Waals surface area contributed by atoms with Crippen molar-refractivity contribution in [3.63, 3.8) is 0 Å². The molecule has 0 radical (unpaired) electrons. The Balaban J connectivity index is 1.38. The standard InChI is InChI=1S/C23H18ClN5O6S/c24-11-1-2-15-14(7-11)25-23(33)28(15)12-3-5-26(6-4-12)17-9-16-13(8-18(17)29(34)35)20(30)19(22(31)32)21-27(16)10-36-21/h1-2,7-9,12H,3-6,10H2,(H,25,33)(H,31,32). The summed E-state index contributed by atoms with van der Waals surface area (Å²) in [4.78, 5) is 53.3. The number of anilines is 1. The number of piperidine rings is 1. The molecular formula is C23H18ClN5O6S. The maximum absolute atomic E-state index is 12.9. The van der Waals surface area contributed by atoms with E-state index >= 15 is 0 Å². The van der Waals surface area contributed by atoms with E-state index in [4.69, 9.17) is 11.6 Å². The van der Waals surface area contributed by atoms with Crippen LogP contribution in [0.15, 0.2) is 44.9 Å². The molecule has 0 bridgehead atoms. The van der Waals surface area contributed by atoms with Gasteiger partial charge in [-0.1, -0.05) is 23.4 Å². The smallest absolute Gasteiger partial charge is 0.342 e. The van der Waals surface area contributed by atoms with E-state index < -0.39 is 16.3 Å². The van der Waals surface area contributed by atoms with Crippen molar-refractivity contribution < 1.29 is 14.8 Å². The number of hydrogen-bond donors (Lipinski definition) is 2. The lowest BCUT2D eigenvalue weighted by Gasteiger charge is -2.34. The number of halogens is 1. The van der Waals surface area contributed by atoms with Gasteiger partial charge in [-0.2, -0.15) is 0 Å². The number of aromatic carboxylic acids is 1. The molecule has 1 fully saturated rings. The molecule has 4 heterocycles. The average Bonchev–Trinajstić information content (AvgIpc) is 3.14. The maximum atomic E-state index is 12.9. The Morgan fingerprint density at radius 1 is 1.17 bits per heavy atom. The molecule has 0 spiro atoms. The van der Waals surface area contributed by atoms with Gasteiger partial charge in [-0.05, 0) is 37.1 Å². The predicted molar refractivity (Wildman–Crippen MR) is 136 cm³/mol. The minimum absolute atomic E-state index is 0.0193. The van der Waals surface area contributed by atoms with E-state index in [-0.39, 0.29) is 28.4 Å². The number of nitro benzene ring substituents is 1. The van der Waals surface area contributed by atoms with Crippen LogP contribution >= 0.6 is 23.4 Å². The van der Waals surface area contributed by atoms with Crippen LogP contribution in [0, 0.1) is 10.1 Å². The largest absolute Gasteiger partial charge is 0.477 e. The van der Waals surface area contributed by atoms with E-state index in [1.54, 1.807) is 33.4 Å². The lowest BCUT2D eigenvalue weighted by molar-refractivity contribution is -0.384. The lowest BCUT2D eigenvalue weighted by atomic mass is 10.0. The first-order valence-electron chi connectivity index (χ1n) is 11.1. The quantitative estimate of drug-likeness (QED) is 0.301. The number of fused-ring (bicyclic) bond motifs is 4. The number of carbonyl (C=O) groups is 1. The molecule has 36 heavy (non-hydrogen) atoms. The summed E-state index contributed by atoms with van der Waals surface area (Å²) >= 11 is 7.31. The number of carboxylic acid groups (broad SMARTS) is 1. The summed E-state index contributed by atoms with van der Waals surface area (Å²) in [5.41, 5.74) is 0.708. The van der Waals surface area contributed by atoms with Crippen molar-refractivity contribution in [3.8, 4) is 0 Å². The van der Waals surface area contributed by atoms with Crippen molar-refractivity contribution in [2.24, 2.45) is 0 Å². The molecule has 2 aliphatic heterocycles. The highest BCUT2D eigenvalue weighted by atomic mass is 35.5. The van der Waals surface area contributed by atoms with Crippen LogP contribution in [-0.4, -0.2) is 43.2 Å². The molecule has 2 aliphatic rings. The number of nitro groups is 1. The van der Waals surface area contributed by atoms with Gasteiger partial charge in [-0.25, -0.2) is 9.59 Å². The van der Waals surface area contributed by atoms with Gasteiger partial charge in [0.2, 0.25) is 5.43 Å². The predicted octanol–water partition coefficient (Wildman–Crippen LogP) is 3.81. The summed E-state index contributed by atoms with van der Waals surface area (Å²) in [6.07, 6.45) is 1.16. The zero-order chi connectivity index (χ0) is 25.3. The number of nitrogens with zero attached hydrogens (tertiary/aromatic N) is 4. The number of aromatic nitrogens is 3. The second kappa shape index (κ2) is 8.14. The van der Waals surface area contributed by atoms with Crippen molar-refractivity contribution in [3.05, 3.63) is 71.7 Å². The SMILES string of the molecule is O=C(O)c1c2n(c3cc(N4CCC(n5c(=O)[nH]c6cc(Cl)ccc65)CC4)c([N+](=O)[O-])cc3c1=O)CS2. The van der Waals surface area contributed by atoms with Crippen LogP contribution in [0.5, 0.6) is 0 Å². The van der Waals surface area contributed by atoms with Gasteiger partial charge in [0.1, 0.15) is 11.3 Å². The van der Waals surface area contributed by atoms with Crippen molar-refractivity contribution in [1.29, 1.82) is 0 Å². The number of hydrogen-bond acceptors (Lipinski definition) is 7. The monoisotopic (exact) mass is 527 g/mol. The second-order valence-electron chi connectivity index (χ2n) is 8.81. The molecule has 11 nitrogen and oxygen atoms in total. The van der Waals surface area contributed by atoms with Gasteiger partial charge < -0.3 is 19.6 Å². The molecular weight excluding hydrogens is 510 g/mol. The lowest BCUT2D eigenvalue weighted by Crippen LogP contribution is -2.37. The Labute approximate surface area is 211 Å². The molecule has 1 saturated heterocycles. The minimum atomic E-state index is -1.35. The first kappa shape index (κ1) is 22.7. The van der Waals surface area contributed by atoms with E-state index in [1.165, 1.54) is 17.8 Å². The van der Waals surface area contributed by atoms with Crippen molar-refractivity contribution in [1.82, 2.24) is 14.1 Å². The Morgan fingerprint density at radius 2 is 1.92 bits per heavy atom. The van der Waals surface area contributed by atoms with Gasteiger partial charge >= 0.3 is 11.7 Å². The third kappa shape index (κ3) is 3.32. The van der Waals surface area contributed by atoms with Gasteiger partial charge in [0, 0.05) is 30.2 Å². The first-order valence-corrected chi connectivity index (χ1v) is 12.5. The highest BCUT2D eigenvalue weighted by Gasteiger charge is 2.32. The third-order valence-corrected chi connectivity index (χ3v) is 8.22. The van der Waals surface area contributed by atoms with Gasteiger partial charge in [0.05, 0.1) is 37.8 Å². The van der Waals surface area contributed by atoms with E-state index in [0.29, 0.717) is 58.6 Å². The van der Waals surface area contributed by atoms with Crippen LogP contribution < -0.4 is 16.0 Å². The summed E-state index contributed by atoms with van der Waals surface area (Å²) in [5.74, 6) is -0.888.